The Bertz CT molecular complexity index is 774. The van der Waals surface area contributed by atoms with Gasteiger partial charge in [0.05, 0.1) is 12.7 Å². The van der Waals surface area contributed by atoms with Crippen molar-refractivity contribution in [3.63, 3.8) is 0 Å². The van der Waals surface area contributed by atoms with E-state index in [0.29, 0.717) is 42.2 Å². The number of imide groups is 1. The lowest BCUT2D eigenvalue weighted by molar-refractivity contribution is -0.137. The number of piperidine rings is 1. The molecule has 158 valence electrons. The van der Waals surface area contributed by atoms with Gasteiger partial charge in [0.1, 0.15) is 11.4 Å². The van der Waals surface area contributed by atoms with Gasteiger partial charge in [-0.2, -0.15) is 0 Å². The van der Waals surface area contributed by atoms with E-state index in [9.17, 15) is 14.7 Å². The molecule has 2 amide bonds. The van der Waals surface area contributed by atoms with Gasteiger partial charge in [0.2, 0.25) is 0 Å². The van der Waals surface area contributed by atoms with E-state index in [1.165, 1.54) is 4.90 Å². The average Bonchev–Trinajstić information content (AvgIpc) is 3.01. The Morgan fingerprint density at radius 3 is 2.66 bits per heavy atom. The van der Waals surface area contributed by atoms with Crippen LogP contribution in [-0.4, -0.2) is 60.1 Å². The van der Waals surface area contributed by atoms with Crippen LogP contribution in [0.5, 0.6) is 5.75 Å². The van der Waals surface area contributed by atoms with Crippen molar-refractivity contribution in [2.24, 2.45) is 5.92 Å². The van der Waals surface area contributed by atoms with Crippen molar-refractivity contribution < 1.29 is 19.4 Å². The van der Waals surface area contributed by atoms with E-state index in [0.717, 1.165) is 38.5 Å². The maximum atomic E-state index is 13.4. The van der Waals surface area contributed by atoms with E-state index in [1.54, 1.807) is 7.11 Å². The first-order valence-electron chi connectivity index (χ1n) is 10.7. The molecule has 1 aromatic rings. The number of methoxy groups -OCH3 is 1. The summed E-state index contributed by atoms with van der Waals surface area (Å²) < 4.78 is 5.49. The van der Waals surface area contributed by atoms with Crippen LogP contribution in [0.25, 0.3) is 5.57 Å². The summed E-state index contributed by atoms with van der Waals surface area (Å²) in [6.07, 6.45) is 5.85. The minimum absolute atomic E-state index is 0.0939. The average molecular weight is 401 g/mol. The third-order valence-electron chi connectivity index (χ3n) is 5.85. The highest BCUT2D eigenvalue weighted by atomic mass is 16.5. The van der Waals surface area contributed by atoms with E-state index < -0.39 is 0 Å². The molecule has 0 radical (unpaired) electrons. The fourth-order valence-corrected chi connectivity index (χ4v) is 4.27. The second kappa shape index (κ2) is 9.92. The highest BCUT2D eigenvalue weighted by Gasteiger charge is 2.42. The van der Waals surface area contributed by atoms with Gasteiger partial charge in [0.15, 0.2) is 0 Å². The molecule has 3 rings (SSSR count). The Morgan fingerprint density at radius 2 is 1.93 bits per heavy atom. The quantitative estimate of drug-likeness (QED) is 0.510. The number of benzene rings is 1. The van der Waals surface area contributed by atoms with Gasteiger partial charge in [-0.25, -0.2) is 0 Å². The van der Waals surface area contributed by atoms with Gasteiger partial charge in [-0.15, -0.1) is 0 Å². The number of carbonyl (C=O) groups is 2. The van der Waals surface area contributed by atoms with Crippen LogP contribution in [0.1, 0.15) is 51.0 Å². The summed E-state index contributed by atoms with van der Waals surface area (Å²) in [5.41, 5.74) is 1.56. The summed E-state index contributed by atoms with van der Waals surface area (Å²) >= 11 is 0. The second-order valence-electron chi connectivity index (χ2n) is 7.88. The summed E-state index contributed by atoms with van der Waals surface area (Å²) in [6, 6.07) is 7.37. The molecule has 2 aliphatic heterocycles. The lowest BCUT2D eigenvalue weighted by Crippen LogP contribution is -2.40. The number of nitrogens with zero attached hydrogens (tertiary/aromatic N) is 2. The number of likely N-dealkylation sites (tertiary alicyclic amines) is 1. The zero-order valence-corrected chi connectivity index (χ0v) is 17.5. The third kappa shape index (κ3) is 4.47. The molecular formula is C23H32N2O4. The molecule has 6 heteroatoms. The minimum Gasteiger partial charge on any atom is -0.496 e. The standard InChI is InChI=1S/C23H32N2O4/c1-3-4-5-8-14-25-22(27)20(18-11-6-7-12-19(18)29-2)21(23(25)28)24-13-9-10-17(15-24)16-26/h6-7,11-12,17,26H,3-5,8-10,13-16H2,1-2H3. The van der Waals surface area contributed by atoms with Gasteiger partial charge in [0, 0.05) is 31.8 Å². The highest BCUT2D eigenvalue weighted by molar-refractivity contribution is 6.36. The normalized spacial score (nSPS) is 20.0. The van der Waals surface area contributed by atoms with E-state index in [1.807, 2.05) is 29.2 Å². The summed E-state index contributed by atoms with van der Waals surface area (Å²) in [7, 11) is 1.57. The number of aliphatic hydroxyl groups excluding tert-OH is 1. The number of aliphatic hydroxyl groups is 1. The number of unbranched alkanes of at least 4 members (excludes halogenated alkanes) is 3. The summed E-state index contributed by atoms with van der Waals surface area (Å²) in [6.45, 7) is 3.98. The van der Waals surface area contributed by atoms with Gasteiger partial charge in [-0.05, 0) is 31.2 Å². The molecule has 0 spiro atoms. The number of hydrogen-bond donors (Lipinski definition) is 1. The topological polar surface area (TPSA) is 70.1 Å². The van der Waals surface area contributed by atoms with Crippen LogP contribution in [0, 0.1) is 5.92 Å². The van der Waals surface area contributed by atoms with E-state index in [-0.39, 0.29) is 24.3 Å². The smallest absolute Gasteiger partial charge is 0.277 e. The van der Waals surface area contributed by atoms with Crippen molar-refractivity contribution in [2.45, 2.75) is 45.4 Å². The molecule has 2 heterocycles. The summed E-state index contributed by atoms with van der Waals surface area (Å²) in [5, 5.41) is 9.63. The molecule has 2 aliphatic rings. The molecular weight excluding hydrogens is 368 g/mol. The maximum absolute atomic E-state index is 13.4. The maximum Gasteiger partial charge on any atom is 0.277 e. The first-order chi connectivity index (χ1) is 14.1. The lowest BCUT2D eigenvalue weighted by atomic mass is 9.96. The van der Waals surface area contributed by atoms with Gasteiger partial charge in [0.25, 0.3) is 11.8 Å². The van der Waals surface area contributed by atoms with Gasteiger partial charge in [-0.3, -0.25) is 14.5 Å². The van der Waals surface area contributed by atoms with Crippen molar-refractivity contribution >= 4 is 17.4 Å². The van der Waals surface area contributed by atoms with Crippen LogP contribution in [-0.2, 0) is 9.59 Å². The fourth-order valence-electron chi connectivity index (χ4n) is 4.27. The number of carbonyl (C=O) groups excluding carboxylic acids is 2. The van der Waals surface area contributed by atoms with Crippen molar-refractivity contribution in [3.8, 4) is 5.75 Å². The van der Waals surface area contributed by atoms with Crippen molar-refractivity contribution in [3.05, 3.63) is 35.5 Å². The van der Waals surface area contributed by atoms with Gasteiger partial charge < -0.3 is 14.7 Å². The lowest BCUT2D eigenvalue weighted by Gasteiger charge is -2.34. The van der Waals surface area contributed by atoms with Crippen LogP contribution in [0.4, 0.5) is 0 Å². The van der Waals surface area contributed by atoms with Crippen molar-refractivity contribution in [1.29, 1.82) is 0 Å². The van der Waals surface area contributed by atoms with E-state index in [2.05, 4.69) is 6.92 Å². The van der Waals surface area contributed by atoms with Crippen molar-refractivity contribution in [1.82, 2.24) is 9.80 Å². The summed E-state index contributed by atoms with van der Waals surface area (Å²) in [5.74, 6) is 0.254. The Labute approximate surface area is 173 Å². The van der Waals surface area contributed by atoms with E-state index in [4.69, 9.17) is 4.74 Å². The SMILES string of the molecule is CCCCCCN1C(=O)C(c2ccccc2OC)=C(N2CCCC(CO)C2)C1=O. The minimum atomic E-state index is -0.239. The molecule has 1 unspecified atom stereocenters. The van der Waals surface area contributed by atoms with E-state index >= 15 is 0 Å². The Balaban J connectivity index is 1.97. The molecule has 0 bridgehead atoms. The third-order valence-corrected chi connectivity index (χ3v) is 5.85. The molecule has 1 fully saturated rings. The molecule has 1 N–H and O–H groups in total. The second-order valence-corrected chi connectivity index (χ2v) is 7.88. The number of rotatable bonds is 9. The molecule has 6 nitrogen and oxygen atoms in total. The monoisotopic (exact) mass is 400 g/mol. The predicted octanol–water partition coefficient (Wildman–Crippen LogP) is 3.06. The zero-order valence-electron chi connectivity index (χ0n) is 17.5. The van der Waals surface area contributed by atoms with Crippen LogP contribution in [0.2, 0.25) is 0 Å². The number of amides is 2. The van der Waals surface area contributed by atoms with Gasteiger partial charge >= 0.3 is 0 Å². The fraction of sp³-hybridized carbons (Fsp3) is 0.565. The van der Waals surface area contributed by atoms with Crippen LogP contribution in [0.3, 0.4) is 0 Å². The largest absolute Gasteiger partial charge is 0.496 e. The molecule has 1 aromatic carbocycles. The number of ether oxygens (including phenoxy) is 1. The van der Waals surface area contributed by atoms with Crippen LogP contribution < -0.4 is 4.74 Å². The molecule has 1 atom stereocenters. The molecule has 29 heavy (non-hydrogen) atoms. The Kier molecular flexibility index (Phi) is 7.31. The van der Waals surface area contributed by atoms with Gasteiger partial charge in [-0.1, -0.05) is 44.4 Å². The predicted molar refractivity (Wildman–Crippen MR) is 112 cm³/mol. The highest BCUT2D eigenvalue weighted by Crippen LogP contribution is 2.37. The summed E-state index contributed by atoms with van der Waals surface area (Å²) in [4.78, 5) is 30.1. The first-order valence-corrected chi connectivity index (χ1v) is 10.7. The Morgan fingerprint density at radius 1 is 1.14 bits per heavy atom. The molecule has 0 aromatic heterocycles. The zero-order chi connectivity index (χ0) is 20.8. The molecule has 1 saturated heterocycles. The van der Waals surface area contributed by atoms with Crippen molar-refractivity contribution in [2.75, 3.05) is 33.4 Å². The van der Waals surface area contributed by atoms with Crippen LogP contribution >= 0.6 is 0 Å². The number of hydrogen-bond acceptors (Lipinski definition) is 5. The molecule has 0 saturated carbocycles. The Hall–Kier alpha value is -2.34. The molecule has 0 aliphatic carbocycles. The number of para-hydroxylation sites is 1. The first kappa shape index (κ1) is 21.4. The van der Waals surface area contributed by atoms with Crippen LogP contribution in [0.15, 0.2) is 30.0 Å².